The first-order valence-electron chi connectivity index (χ1n) is 7.42. The second-order valence-electron chi connectivity index (χ2n) is 5.73. The van der Waals surface area contributed by atoms with Crippen LogP contribution < -0.4 is 10.6 Å². The van der Waals surface area contributed by atoms with E-state index in [-0.39, 0.29) is 5.91 Å². The average molecular weight is 258 g/mol. The first kappa shape index (κ1) is 12.7. The Hall–Kier alpha value is -1.35. The molecule has 0 saturated heterocycles. The number of benzene rings is 1. The molecule has 0 aromatic heterocycles. The Bertz CT molecular complexity index is 466. The zero-order valence-electron chi connectivity index (χ0n) is 11.4. The van der Waals surface area contributed by atoms with E-state index in [1.54, 1.807) is 0 Å². The number of aryl methyl sites for hydroxylation is 1. The van der Waals surface area contributed by atoms with Crippen molar-refractivity contribution in [3.8, 4) is 0 Å². The molecule has 2 aliphatic rings. The SMILES string of the molecule is O=C(CCc1ccc2c(c1)CCNC2)NC1CCC1. The highest BCUT2D eigenvalue weighted by molar-refractivity contribution is 5.76. The molecule has 1 saturated carbocycles. The van der Waals surface area contributed by atoms with E-state index in [1.807, 2.05) is 0 Å². The molecule has 0 atom stereocenters. The topological polar surface area (TPSA) is 41.1 Å². The van der Waals surface area contributed by atoms with Gasteiger partial charge in [0.1, 0.15) is 0 Å². The van der Waals surface area contributed by atoms with E-state index in [2.05, 4.69) is 28.8 Å². The summed E-state index contributed by atoms with van der Waals surface area (Å²) in [6.45, 7) is 2.05. The summed E-state index contributed by atoms with van der Waals surface area (Å²) in [5.74, 6) is 0.212. The van der Waals surface area contributed by atoms with Crippen LogP contribution in [0.5, 0.6) is 0 Å². The lowest BCUT2D eigenvalue weighted by Gasteiger charge is -2.26. The quantitative estimate of drug-likeness (QED) is 0.866. The monoisotopic (exact) mass is 258 g/mol. The molecule has 0 bridgehead atoms. The molecule has 0 spiro atoms. The summed E-state index contributed by atoms with van der Waals surface area (Å²) >= 11 is 0. The maximum atomic E-state index is 11.8. The molecular weight excluding hydrogens is 236 g/mol. The third kappa shape index (κ3) is 3.16. The van der Waals surface area contributed by atoms with E-state index in [4.69, 9.17) is 0 Å². The minimum atomic E-state index is 0.212. The summed E-state index contributed by atoms with van der Waals surface area (Å²) in [6, 6.07) is 7.12. The number of hydrogen-bond acceptors (Lipinski definition) is 2. The molecule has 19 heavy (non-hydrogen) atoms. The zero-order valence-corrected chi connectivity index (χ0v) is 11.4. The van der Waals surface area contributed by atoms with Crippen molar-refractivity contribution in [3.63, 3.8) is 0 Å². The summed E-state index contributed by atoms with van der Waals surface area (Å²) in [7, 11) is 0. The van der Waals surface area contributed by atoms with Crippen LogP contribution in [0.3, 0.4) is 0 Å². The lowest BCUT2D eigenvalue weighted by Crippen LogP contribution is -2.39. The summed E-state index contributed by atoms with van der Waals surface area (Å²) < 4.78 is 0. The molecule has 0 radical (unpaired) electrons. The standard InChI is InChI=1S/C16H22N2O/c19-16(18-15-2-1-3-15)7-5-12-4-6-14-11-17-9-8-13(14)10-12/h4,6,10,15,17H,1-3,5,7-9,11H2,(H,18,19). The number of amides is 1. The van der Waals surface area contributed by atoms with E-state index in [0.29, 0.717) is 12.5 Å². The molecule has 102 valence electrons. The fourth-order valence-electron chi connectivity index (χ4n) is 2.80. The maximum absolute atomic E-state index is 11.8. The van der Waals surface area contributed by atoms with Gasteiger partial charge in [-0.1, -0.05) is 18.2 Å². The van der Waals surface area contributed by atoms with Crippen molar-refractivity contribution in [2.45, 2.75) is 51.1 Å². The zero-order chi connectivity index (χ0) is 13.1. The lowest BCUT2D eigenvalue weighted by molar-refractivity contribution is -0.122. The van der Waals surface area contributed by atoms with Crippen molar-refractivity contribution in [1.29, 1.82) is 0 Å². The molecule has 1 heterocycles. The van der Waals surface area contributed by atoms with Crippen LogP contribution in [0, 0.1) is 0 Å². The van der Waals surface area contributed by atoms with Crippen molar-refractivity contribution in [1.82, 2.24) is 10.6 Å². The van der Waals surface area contributed by atoms with Crippen molar-refractivity contribution in [2.75, 3.05) is 6.54 Å². The third-order valence-corrected chi connectivity index (χ3v) is 4.27. The van der Waals surface area contributed by atoms with Gasteiger partial charge in [-0.3, -0.25) is 4.79 Å². The smallest absolute Gasteiger partial charge is 0.220 e. The largest absolute Gasteiger partial charge is 0.353 e. The minimum Gasteiger partial charge on any atom is -0.353 e. The van der Waals surface area contributed by atoms with Crippen molar-refractivity contribution in [2.24, 2.45) is 0 Å². The number of carbonyl (C=O) groups is 1. The molecule has 1 aromatic rings. The second-order valence-corrected chi connectivity index (χ2v) is 5.73. The number of hydrogen-bond donors (Lipinski definition) is 2. The fraction of sp³-hybridized carbons (Fsp3) is 0.562. The van der Waals surface area contributed by atoms with Gasteiger partial charge in [0.25, 0.3) is 0 Å². The van der Waals surface area contributed by atoms with Gasteiger partial charge in [-0.05, 0) is 55.3 Å². The van der Waals surface area contributed by atoms with Crippen LogP contribution in [0.1, 0.15) is 42.4 Å². The van der Waals surface area contributed by atoms with Crippen LogP contribution >= 0.6 is 0 Å². The maximum Gasteiger partial charge on any atom is 0.220 e. The Balaban J connectivity index is 1.53. The molecule has 3 heteroatoms. The number of nitrogens with one attached hydrogen (secondary N) is 2. The molecule has 1 aliphatic heterocycles. The molecule has 3 rings (SSSR count). The Morgan fingerprint density at radius 2 is 2.21 bits per heavy atom. The average Bonchev–Trinajstić information content (AvgIpc) is 2.40. The van der Waals surface area contributed by atoms with E-state index in [1.165, 1.54) is 23.1 Å². The van der Waals surface area contributed by atoms with E-state index < -0.39 is 0 Å². The van der Waals surface area contributed by atoms with E-state index in [0.717, 1.165) is 38.8 Å². The van der Waals surface area contributed by atoms with Crippen LogP contribution in [-0.2, 0) is 24.2 Å². The predicted molar refractivity (Wildman–Crippen MR) is 76.0 cm³/mol. The summed E-state index contributed by atoms with van der Waals surface area (Å²) in [6.07, 6.45) is 6.18. The highest BCUT2D eigenvalue weighted by Crippen LogP contribution is 2.19. The Morgan fingerprint density at radius 1 is 1.32 bits per heavy atom. The van der Waals surface area contributed by atoms with Gasteiger partial charge in [-0.15, -0.1) is 0 Å². The highest BCUT2D eigenvalue weighted by atomic mass is 16.1. The van der Waals surface area contributed by atoms with Gasteiger partial charge in [-0.25, -0.2) is 0 Å². The summed E-state index contributed by atoms with van der Waals surface area (Å²) in [5.41, 5.74) is 4.16. The van der Waals surface area contributed by atoms with Gasteiger partial charge >= 0.3 is 0 Å². The van der Waals surface area contributed by atoms with Crippen LogP contribution in [0.2, 0.25) is 0 Å². The van der Waals surface area contributed by atoms with Crippen LogP contribution in [0.15, 0.2) is 18.2 Å². The fourth-order valence-corrected chi connectivity index (χ4v) is 2.80. The van der Waals surface area contributed by atoms with Gasteiger partial charge in [-0.2, -0.15) is 0 Å². The van der Waals surface area contributed by atoms with Crippen LogP contribution in [0.4, 0.5) is 0 Å². The van der Waals surface area contributed by atoms with Gasteiger partial charge in [0.05, 0.1) is 0 Å². The predicted octanol–water partition coefficient (Wildman–Crippen LogP) is 1.93. The van der Waals surface area contributed by atoms with Gasteiger partial charge in [0.15, 0.2) is 0 Å². The second kappa shape index (κ2) is 5.74. The van der Waals surface area contributed by atoms with E-state index >= 15 is 0 Å². The van der Waals surface area contributed by atoms with Gasteiger partial charge < -0.3 is 10.6 Å². The van der Waals surface area contributed by atoms with Crippen LogP contribution in [0.25, 0.3) is 0 Å². The molecule has 1 aromatic carbocycles. The molecule has 0 unspecified atom stereocenters. The minimum absolute atomic E-state index is 0.212. The lowest BCUT2D eigenvalue weighted by atomic mass is 9.93. The number of fused-ring (bicyclic) bond motifs is 1. The van der Waals surface area contributed by atoms with Crippen LogP contribution in [-0.4, -0.2) is 18.5 Å². The van der Waals surface area contributed by atoms with Gasteiger partial charge in [0, 0.05) is 19.0 Å². The number of carbonyl (C=O) groups excluding carboxylic acids is 1. The van der Waals surface area contributed by atoms with Crippen molar-refractivity contribution < 1.29 is 4.79 Å². The summed E-state index contributed by atoms with van der Waals surface area (Å²) in [5, 5.41) is 6.48. The highest BCUT2D eigenvalue weighted by Gasteiger charge is 2.19. The Morgan fingerprint density at radius 3 is 3.00 bits per heavy atom. The molecular formula is C16H22N2O. The number of rotatable bonds is 4. The van der Waals surface area contributed by atoms with Crippen molar-refractivity contribution in [3.05, 3.63) is 34.9 Å². The summed E-state index contributed by atoms with van der Waals surface area (Å²) in [4.78, 5) is 11.8. The normalized spacial score (nSPS) is 18.5. The molecule has 1 amide bonds. The van der Waals surface area contributed by atoms with Gasteiger partial charge in [0.2, 0.25) is 5.91 Å². The Labute approximate surface area is 114 Å². The third-order valence-electron chi connectivity index (χ3n) is 4.27. The first-order chi connectivity index (χ1) is 9.31. The molecule has 1 aliphatic carbocycles. The molecule has 2 N–H and O–H groups in total. The molecule has 3 nitrogen and oxygen atoms in total. The van der Waals surface area contributed by atoms with E-state index in [9.17, 15) is 4.79 Å². The Kier molecular flexibility index (Phi) is 3.83. The molecule has 1 fully saturated rings. The van der Waals surface area contributed by atoms with Crippen molar-refractivity contribution >= 4 is 5.91 Å². The first-order valence-corrected chi connectivity index (χ1v) is 7.42.